The summed E-state index contributed by atoms with van der Waals surface area (Å²) in [5.41, 5.74) is 1.68. The third-order valence-electron chi connectivity index (χ3n) is 2.62. The standard InChI is InChI=1S/C14H13BrN2S/c1-2-12-5-6-13(18-12)9-17-11-4-3-10(8-16)14(15)7-11/h3-7,17H,2,9H2,1H3. The Balaban J connectivity index is 2.02. The highest BCUT2D eigenvalue weighted by molar-refractivity contribution is 9.10. The van der Waals surface area contributed by atoms with Crippen LogP contribution in [0.2, 0.25) is 0 Å². The first-order valence-corrected chi connectivity index (χ1v) is 7.35. The molecule has 0 unspecified atom stereocenters. The van der Waals surface area contributed by atoms with Gasteiger partial charge >= 0.3 is 0 Å². The number of thiophene rings is 1. The van der Waals surface area contributed by atoms with E-state index in [-0.39, 0.29) is 0 Å². The van der Waals surface area contributed by atoms with Crippen LogP contribution >= 0.6 is 27.3 Å². The smallest absolute Gasteiger partial charge is 0.100 e. The lowest BCUT2D eigenvalue weighted by Gasteiger charge is -2.05. The van der Waals surface area contributed by atoms with Gasteiger partial charge in [0.2, 0.25) is 0 Å². The quantitative estimate of drug-likeness (QED) is 0.896. The van der Waals surface area contributed by atoms with Gasteiger partial charge in [-0.1, -0.05) is 6.92 Å². The van der Waals surface area contributed by atoms with Gasteiger partial charge in [-0.25, -0.2) is 0 Å². The van der Waals surface area contributed by atoms with Crippen molar-refractivity contribution in [1.82, 2.24) is 0 Å². The van der Waals surface area contributed by atoms with Crippen LogP contribution in [0.1, 0.15) is 22.2 Å². The number of aryl methyl sites for hydroxylation is 1. The fourth-order valence-corrected chi connectivity index (χ4v) is 2.98. The zero-order chi connectivity index (χ0) is 13.0. The van der Waals surface area contributed by atoms with Crippen LogP contribution in [0.5, 0.6) is 0 Å². The summed E-state index contributed by atoms with van der Waals surface area (Å²) in [7, 11) is 0. The summed E-state index contributed by atoms with van der Waals surface area (Å²) in [6, 6.07) is 12.2. The second-order valence-electron chi connectivity index (χ2n) is 3.88. The molecule has 0 saturated carbocycles. The third-order valence-corrected chi connectivity index (χ3v) is 4.51. The molecule has 0 aliphatic carbocycles. The highest BCUT2D eigenvalue weighted by Gasteiger charge is 2.02. The maximum Gasteiger partial charge on any atom is 0.100 e. The van der Waals surface area contributed by atoms with Crippen LogP contribution in [0.4, 0.5) is 5.69 Å². The van der Waals surface area contributed by atoms with E-state index < -0.39 is 0 Å². The van der Waals surface area contributed by atoms with Crippen molar-refractivity contribution in [2.45, 2.75) is 19.9 Å². The molecule has 1 N–H and O–H groups in total. The molecule has 92 valence electrons. The molecule has 0 saturated heterocycles. The lowest BCUT2D eigenvalue weighted by atomic mass is 10.2. The molecular weight excluding hydrogens is 308 g/mol. The van der Waals surface area contributed by atoms with E-state index in [1.54, 1.807) is 0 Å². The molecule has 1 heterocycles. The Hall–Kier alpha value is -1.31. The molecule has 1 aromatic carbocycles. The number of nitrogens with one attached hydrogen (secondary N) is 1. The Morgan fingerprint density at radius 3 is 2.67 bits per heavy atom. The Morgan fingerprint density at radius 2 is 2.06 bits per heavy atom. The van der Waals surface area contributed by atoms with Crippen LogP contribution in [-0.4, -0.2) is 0 Å². The van der Waals surface area contributed by atoms with Crippen molar-refractivity contribution in [3.05, 3.63) is 50.1 Å². The molecule has 0 radical (unpaired) electrons. The maximum atomic E-state index is 8.85. The molecule has 0 spiro atoms. The predicted molar refractivity (Wildman–Crippen MR) is 79.9 cm³/mol. The highest BCUT2D eigenvalue weighted by atomic mass is 79.9. The second-order valence-corrected chi connectivity index (χ2v) is 5.99. The van der Waals surface area contributed by atoms with Crippen LogP contribution in [-0.2, 0) is 13.0 Å². The summed E-state index contributed by atoms with van der Waals surface area (Å²) in [4.78, 5) is 2.74. The number of hydrogen-bond donors (Lipinski definition) is 1. The topological polar surface area (TPSA) is 35.8 Å². The molecular formula is C14H13BrN2S. The van der Waals surface area contributed by atoms with Crippen LogP contribution in [0, 0.1) is 11.3 Å². The van der Waals surface area contributed by atoms with Crippen molar-refractivity contribution in [2.24, 2.45) is 0 Å². The van der Waals surface area contributed by atoms with E-state index in [0.717, 1.165) is 23.1 Å². The van der Waals surface area contributed by atoms with Crippen LogP contribution in [0.25, 0.3) is 0 Å². The number of hydrogen-bond acceptors (Lipinski definition) is 3. The monoisotopic (exact) mass is 320 g/mol. The Kier molecular flexibility index (Phi) is 4.40. The summed E-state index contributed by atoms with van der Waals surface area (Å²) >= 11 is 5.23. The zero-order valence-corrected chi connectivity index (χ0v) is 12.4. The zero-order valence-electron chi connectivity index (χ0n) is 10.0. The first-order valence-electron chi connectivity index (χ1n) is 5.74. The van der Waals surface area contributed by atoms with E-state index in [9.17, 15) is 0 Å². The fraction of sp³-hybridized carbons (Fsp3) is 0.214. The van der Waals surface area contributed by atoms with Crippen LogP contribution in [0.15, 0.2) is 34.8 Å². The molecule has 2 rings (SSSR count). The highest BCUT2D eigenvalue weighted by Crippen LogP contribution is 2.22. The van der Waals surface area contributed by atoms with E-state index in [1.165, 1.54) is 9.75 Å². The van der Waals surface area contributed by atoms with Crippen molar-refractivity contribution in [3.63, 3.8) is 0 Å². The molecule has 0 aliphatic rings. The normalized spacial score (nSPS) is 10.1. The molecule has 18 heavy (non-hydrogen) atoms. The molecule has 0 aliphatic heterocycles. The van der Waals surface area contributed by atoms with Crippen molar-refractivity contribution < 1.29 is 0 Å². The van der Waals surface area contributed by atoms with Gasteiger partial charge in [-0.05, 0) is 52.7 Å². The van der Waals surface area contributed by atoms with Gasteiger partial charge in [0, 0.05) is 26.5 Å². The molecule has 1 aromatic heterocycles. The number of benzene rings is 1. The average Bonchev–Trinajstić information content (AvgIpc) is 2.84. The minimum Gasteiger partial charge on any atom is -0.380 e. The molecule has 4 heteroatoms. The largest absolute Gasteiger partial charge is 0.380 e. The molecule has 0 bridgehead atoms. The van der Waals surface area contributed by atoms with Crippen molar-refractivity contribution in [1.29, 1.82) is 5.26 Å². The summed E-state index contributed by atoms with van der Waals surface area (Å²) in [5.74, 6) is 0. The maximum absolute atomic E-state index is 8.85. The number of halogens is 1. The number of rotatable bonds is 4. The summed E-state index contributed by atoms with van der Waals surface area (Å²) in [6.07, 6.45) is 1.09. The Morgan fingerprint density at radius 1 is 1.28 bits per heavy atom. The van der Waals surface area contributed by atoms with E-state index in [0.29, 0.717) is 5.56 Å². The first kappa shape index (κ1) is 13.1. The lowest BCUT2D eigenvalue weighted by Crippen LogP contribution is -1.97. The second kappa shape index (κ2) is 6.03. The molecule has 0 fully saturated rings. The fourth-order valence-electron chi connectivity index (χ4n) is 1.61. The van der Waals surface area contributed by atoms with Gasteiger partial charge in [0.15, 0.2) is 0 Å². The van der Waals surface area contributed by atoms with Crippen molar-refractivity contribution >= 4 is 33.0 Å². The van der Waals surface area contributed by atoms with E-state index in [2.05, 4.69) is 46.4 Å². The van der Waals surface area contributed by atoms with Crippen LogP contribution in [0.3, 0.4) is 0 Å². The van der Waals surface area contributed by atoms with Crippen LogP contribution < -0.4 is 5.32 Å². The average molecular weight is 321 g/mol. The molecule has 0 amide bonds. The van der Waals surface area contributed by atoms with E-state index in [4.69, 9.17) is 5.26 Å². The number of anilines is 1. The minimum absolute atomic E-state index is 0.657. The number of nitriles is 1. The number of nitrogens with zero attached hydrogens (tertiary/aromatic N) is 1. The molecule has 2 aromatic rings. The van der Waals surface area contributed by atoms with Gasteiger partial charge in [-0.2, -0.15) is 5.26 Å². The van der Waals surface area contributed by atoms with Gasteiger partial charge in [0.1, 0.15) is 6.07 Å². The van der Waals surface area contributed by atoms with Crippen molar-refractivity contribution in [2.75, 3.05) is 5.32 Å². The summed E-state index contributed by atoms with van der Waals surface area (Å²) in [6.45, 7) is 2.99. The Bertz CT molecular complexity index is 584. The Labute approximate surface area is 119 Å². The lowest BCUT2D eigenvalue weighted by molar-refractivity contribution is 1.19. The van der Waals surface area contributed by atoms with E-state index >= 15 is 0 Å². The van der Waals surface area contributed by atoms with E-state index in [1.807, 2.05) is 29.5 Å². The molecule has 0 atom stereocenters. The minimum atomic E-state index is 0.657. The summed E-state index contributed by atoms with van der Waals surface area (Å²) < 4.78 is 0.829. The molecule has 2 nitrogen and oxygen atoms in total. The van der Waals surface area contributed by atoms with Crippen molar-refractivity contribution in [3.8, 4) is 6.07 Å². The van der Waals surface area contributed by atoms with Gasteiger partial charge in [0.25, 0.3) is 0 Å². The SMILES string of the molecule is CCc1ccc(CNc2ccc(C#N)c(Br)c2)s1. The van der Waals surface area contributed by atoms with Gasteiger partial charge in [0.05, 0.1) is 5.56 Å². The predicted octanol–water partition coefficient (Wildman–Crippen LogP) is 4.56. The van der Waals surface area contributed by atoms with Gasteiger partial charge in [-0.3, -0.25) is 0 Å². The van der Waals surface area contributed by atoms with Gasteiger partial charge < -0.3 is 5.32 Å². The third kappa shape index (κ3) is 3.12. The summed E-state index contributed by atoms with van der Waals surface area (Å²) in [5, 5.41) is 12.2. The van der Waals surface area contributed by atoms with Gasteiger partial charge in [-0.15, -0.1) is 11.3 Å². The first-order chi connectivity index (χ1) is 8.72.